The Labute approximate surface area is 101 Å². The van der Waals surface area contributed by atoms with Gasteiger partial charge in [-0.1, -0.05) is 0 Å². The molecule has 0 aromatic rings. The Morgan fingerprint density at radius 1 is 1.38 bits per heavy atom. The molecule has 0 aliphatic rings. The summed E-state index contributed by atoms with van der Waals surface area (Å²) in [5, 5.41) is 0. The van der Waals surface area contributed by atoms with Crippen molar-refractivity contribution in [2.24, 2.45) is 0 Å². The molecule has 0 unspecified atom stereocenters. The van der Waals surface area contributed by atoms with Crippen LogP contribution < -0.4 is 57.5 Å². The molecule has 0 aliphatic heterocycles. The summed E-state index contributed by atoms with van der Waals surface area (Å²) in [7, 11) is -4.92. The third-order valence-corrected chi connectivity index (χ3v) is 0. The molecule has 0 saturated carbocycles. The van der Waals surface area contributed by atoms with Crippen molar-refractivity contribution in [1.82, 2.24) is 6.15 Å². The van der Waals surface area contributed by atoms with Gasteiger partial charge in [-0.15, -0.1) is 0 Å². The summed E-state index contributed by atoms with van der Waals surface area (Å²) in [6, 6.07) is 0. The van der Waals surface area contributed by atoms with E-state index < -0.39 is 10.4 Å². The van der Waals surface area contributed by atoms with E-state index in [1.165, 1.54) is 0 Å². The predicted molar refractivity (Wildman–Crippen MR) is 27.3 cm³/mol. The number of hydrogen-bond donors (Lipinski definition) is 2. The van der Waals surface area contributed by atoms with E-state index in [1.807, 2.05) is 0 Å². The molecule has 0 atom stereocenters. The van der Waals surface area contributed by atoms with Crippen molar-refractivity contribution >= 4 is 27.8 Å². The van der Waals surface area contributed by atoms with Gasteiger partial charge in [0.25, 0.3) is 0 Å². The minimum Gasteiger partial charge on any atom is -0.726 e. The van der Waals surface area contributed by atoms with Crippen molar-refractivity contribution in [1.29, 1.82) is 0 Å². The third-order valence-electron chi connectivity index (χ3n) is 0. The van der Waals surface area contributed by atoms with Gasteiger partial charge in [0.1, 0.15) is 0 Å². The van der Waals surface area contributed by atoms with Crippen LogP contribution in [0, 0.1) is 0 Å². The van der Waals surface area contributed by atoms with Crippen LogP contribution >= 0.6 is 0 Å². The molecule has 0 amide bonds. The maximum atomic E-state index is 8.63. The summed E-state index contributed by atoms with van der Waals surface area (Å²) in [6.07, 6.45) is 0. The Balaban J connectivity index is -0.0000000267. The van der Waals surface area contributed by atoms with E-state index in [4.69, 9.17) is 17.5 Å². The van der Waals surface area contributed by atoms with E-state index >= 15 is 0 Å². The second-order valence-electron chi connectivity index (χ2n) is 0.428. The summed E-state index contributed by atoms with van der Waals surface area (Å²) in [5.41, 5.74) is 0. The molecule has 0 aromatic carbocycles. The Bertz CT molecular complexity index is 99.2. The molecule has 0 bridgehead atoms. The fraction of sp³-hybridized carbons (Fsp3) is 0. The van der Waals surface area contributed by atoms with Gasteiger partial charge in [-0.3, -0.25) is 4.55 Å². The molecule has 46 valence electrons. The van der Waals surface area contributed by atoms with Crippen molar-refractivity contribution in [3.05, 3.63) is 0 Å². The first kappa shape index (κ1) is 22.5. The fourth-order valence-electron chi connectivity index (χ4n) is 0. The van der Waals surface area contributed by atoms with Crippen molar-refractivity contribution in [2.45, 2.75) is 0 Å². The monoisotopic (exact) mass is 183 g/mol. The smallest absolute Gasteiger partial charge is 0.726 e. The van der Waals surface area contributed by atoms with Crippen LogP contribution in [0.1, 0.15) is 0 Å². The Hall–Kier alpha value is 2.00. The SMILES string of the molecule is N.O=S(=O)([O-])O.[AlH3].[K+]. The minimum atomic E-state index is -4.92. The summed E-state index contributed by atoms with van der Waals surface area (Å²) in [4.78, 5) is 0. The average molecular weight is 183 g/mol. The number of hydrogen-bond acceptors (Lipinski definition) is 4. The molecule has 8 heteroatoms. The van der Waals surface area contributed by atoms with Gasteiger partial charge in [-0.05, 0) is 0 Å². The molecule has 5 nitrogen and oxygen atoms in total. The Kier molecular flexibility index (Phi) is 25.3. The van der Waals surface area contributed by atoms with Gasteiger partial charge in [-0.25, -0.2) is 8.42 Å². The average Bonchev–Trinajstić information content (AvgIpc) is 0.722. The van der Waals surface area contributed by atoms with Gasteiger partial charge in [-0.2, -0.15) is 0 Å². The van der Waals surface area contributed by atoms with Crippen LogP contribution in [0.25, 0.3) is 0 Å². The maximum absolute atomic E-state index is 8.63. The molecule has 0 fully saturated rings. The normalized spacial score (nSPS) is 7.25. The summed E-state index contributed by atoms with van der Waals surface area (Å²) < 4.78 is 32.8. The maximum Gasteiger partial charge on any atom is 1.00 e. The Morgan fingerprint density at radius 3 is 1.38 bits per heavy atom. The molecule has 0 heterocycles. The fourth-order valence-corrected chi connectivity index (χ4v) is 0. The van der Waals surface area contributed by atoms with Crippen molar-refractivity contribution < 1.29 is 68.9 Å². The van der Waals surface area contributed by atoms with Crippen LogP contribution in [0.5, 0.6) is 0 Å². The zero-order valence-corrected chi connectivity index (χ0v) is 7.73. The molecular weight excluding hydrogens is 176 g/mol. The quantitative estimate of drug-likeness (QED) is 0.222. The molecule has 0 rings (SSSR count). The first-order valence-corrected chi connectivity index (χ1v) is 2.05. The summed E-state index contributed by atoms with van der Waals surface area (Å²) >= 11 is 0. The van der Waals surface area contributed by atoms with Crippen LogP contribution in [0.4, 0.5) is 0 Å². The largest absolute Gasteiger partial charge is 1.00 e. The van der Waals surface area contributed by atoms with Crippen LogP contribution in [0.3, 0.4) is 0 Å². The topological polar surface area (TPSA) is 112 Å². The van der Waals surface area contributed by atoms with E-state index in [9.17, 15) is 0 Å². The van der Waals surface area contributed by atoms with E-state index in [-0.39, 0.29) is 74.9 Å². The molecule has 0 aromatic heterocycles. The van der Waals surface area contributed by atoms with Gasteiger partial charge >= 0.3 is 51.4 Å². The molecule has 0 aliphatic carbocycles. The molecular formula is H7AlKNO4S. The third kappa shape index (κ3) is 98.1. The van der Waals surface area contributed by atoms with Crippen molar-refractivity contribution in [3.63, 3.8) is 0 Å². The van der Waals surface area contributed by atoms with Gasteiger partial charge in [0.2, 0.25) is 10.4 Å². The molecule has 0 saturated heterocycles. The van der Waals surface area contributed by atoms with Crippen LogP contribution in [-0.4, -0.2) is 34.9 Å². The van der Waals surface area contributed by atoms with E-state index in [0.717, 1.165) is 0 Å². The van der Waals surface area contributed by atoms with E-state index in [1.54, 1.807) is 0 Å². The summed E-state index contributed by atoms with van der Waals surface area (Å²) in [6.45, 7) is 0. The minimum absolute atomic E-state index is 0. The standard InChI is InChI=1S/Al.K.H3N.H2O4S.3H/c;;;1-5(2,3)4;;;/h;;1H3;(H2,1,2,3,4);;;/q;+1;;;;;/p-1. The zero-order chi connectivity index (χ0) is 4.50. The molecule has 0 spiro atoms. The zero-order valence-electron chi connectivity index (χ0n) is 3.79. The van der Waals surface area contributed by atoms with Crippen molar-refractivity contribution in [2.75, 3.05) is 0 Å². The van der Waals surface area contributed by atoms with Crippen LogP contribution in [0.2, 0.25) is 0 Å². The predicted octanol–water partition coefficient (Wildman–Crippen LogP) is -5.01. The second-order valence-corrected chi connectivity index (χ2v) is 1.28. The number of rotatable bonds is 0. The molecule has 4 N–H and O–H groups in total. The van der Waals surface area contributed by atoms with Crippen LogP contribution in [0.15, 0.2) is 0 Å². The van der Waals surface area contributed by atoms with Crippen molar-refractivity contribution in [3.8, 4) is 0 Å². The molecule has 0 radical (unpaired) electrons. The van der Waals surface area contributed by atoms with Crippen LogP contribution in [-0.2, 0) is 10.4 Å². The van der Waals surface area contributed by atoms with Gasteiger partial charge in [0.05, 0.1) is 0 Å². The first-order valence-electron chi connectivity index (χ1n) is 0.683. The summed E-state index contributed by atoms with van der Waals surface area (Å²) in [5.74, 6) is 0. The van der Waals surface area contributed by atoms with Gasteiger partial charge in [0, 0.05) is 0 Å². The van der Waals surface area contributed by atoms with E-state index in [0.29, 0.717) is 0 Å². The van der Waals surface area contributed by atoms with Gasteiger partial charge < -0.3 is 10.7 Å². The second kappa shape index (κ2) is 9.00. The molecule has 8 heavy (non-hydrogen) atoms. The Morgan fingerprint density at radius 2 is 1.38 bits per heavy atom. The van der Waals surface area contributed by atoms with E-state index in [2.05, 4.69) is 0 Å². The van der Waals surface area contributed by atoms with Gasteiger partial charge in [0.15, 0.2) is 17.4 Å². The first-order chi connectivity index (χ1) is 2.00.